The lowest BCUT2D eigenvalue weighted by molar-refractivity contribution is -0.123. The molecule has 0 saturated heterocycles. The van der Waals surface area contributed by atoms with Gasteiger partial charge in [0.1, 0.15) is 5.54 Å². The molecule has 0 aliphatic heterocycles. The average Bonchev–Trinajstić information content (AvgIpc) is 2.76. The Balaban J connectivity index is 1.73. The number of carbonyl (C=O) groups is 1. The van der Waals surface area contributed by atoms with Gasteiger partial charge in [-0.15, -0.1) is 0 Å². The topological polar surface area (TPSA) is 76.4 Å². The molecule has 0 heterocycles. The van der Waals surface area contributed by atoms with Crippen LogP contribution in [-0.2, 0) is 4.79 Å². The Hall–Kier alpha value is -1.12. The van der Waals surface area contributed by atoms with E-state index in [0.29, 0.717) is 12.5 Å². The molecule has 2 aliphatic carbocycles. The molecule has 1 amide bonds. The first-order valence-corrected chi connectivity index (χ1v) is 7.12. The molecule has 0 spiro atoms. The van der Waals surface area contributed by atoms with E-state index in [1.165, 1.54) is 0 Å². The van der Waals surface area contributed by atoms with E-state index in [-0.39, 0.29) is 12.0 Å². The van der Waals surface area contributed by atoms with Gasteiger partial charge in [0, 0.05) is 6.54 Å². The predicted octanol–water partition coefficient (Wildman–Crippen LogP) is 0.642. The Bertz CT molecular complexity index is 365. The van der Waals surface area contributed by atoms with Crippen LogP contribution in [0.5, 0.6) is 0 Å². The molecule has 5 nitrogen and oxygen atoms in total. The molecule has 106 valence electrons. The van der Waals surface area contributed by atoms with Crippen LogP contribution >= 0.6 is 0 Å². The zero-order valence-electron chi connectivity index (χ0n) is 11.6. The summed E-state index contributed by atoms with van der Waals surface area (Å²) in [7, 11) is 1.91. The van der Waals surface area contributed by atoms with E-state index in [0.717, 1.165) is 45.1 Å². The van der Waals surface area contributed by atoms with Crippen LogP contribution in [0.3, 0.4) is 0 Å². The molecule has 0 aromatic carbocycles. The number of nitrogens with zero attached hydrogens (tertiary/aromatic N) is 2. The van der Waals surface area contributed by atoms with Crippen molar-refractivity contribution >= 4 is 5.91 Å². The fourth-order valence-corrected chi connectivity index (χ4v) is 3.15. The number of likely N-dealkylation sites (N-methyl/N-ethyl adjacent to an activating group) is 1. The normalized spacial score (nSPS) is 28.7. The van der Waals surface area contributed by atoms with Crippen molar-refractivity contribution in [3.63, 3.8) is 0 Å². The summed E-state index contributed by atoms with van der Waals surface area (Å²) < 4.78 is 0. The molecule has 0 atom stereocenters. The maximum Gasteiger partial charge on any atom is 0.235 e. The van der Waals surface area contributed by atoms with Gasteiger partial charge in [0.05, 0.1) is 18.7 Å². The molecule has 0 aromatic rings. The van der Waals surface area contributed by atoms with Crippen LogP contribution in [0.4, 0.5) is 0 Å². The molecule has 2 saturated carbocycles. The second kappa shape index (κ2) is 5.89. The lowest BCUT2D eigenvalue weighted by Gasteiger charge is -2.34. The Labute approximate surface area is 114 Å². The van der Waals surface area contributed by atoms with Crippen molar-refractivity contribution in [2.75, 3.05) is 20.1 Å². The van der Waals surface area contributed by atoms with E-state index in [1.807, 2.05) is 11.9 Å². The van der Waals surface area contributed by atoms with E-state index in [9.17, 15) is 15.2 Å². The van der Waals surface area contributed by atoms with Gasteiger partial charge in [0.2, 0.25) is 5.91 Å². The van der Waals surface area contributed by atoms with Crippen LogP contribution in [0.2, 0.25) is 0 Å². The lowest BCUT2D eigenvalue weighted by atomic mass is 9.82. The van der Waals surface area contributed by atoms with Gasteiger partial charge < -0.3 is 10.4 Å². The minimum atomic E-state index is -0.620. The third-order valence-corrected chi connectivity index (χ3v) is 4.24. The van der Waals surface area contributed by atoms with Crippen LogP contribution in [-0.4, -0.2) is 47.7 Å². The Kier molecular flexibility index (Phi) is 4.43. The predicted molar refractivity (Wildman–Crippen MR) is 71.2 cm³/mol. The molecule has 2 rings (SSSR count). The zero-order valence-corrected chi connectivity index (χ0v) is 11.6. The summed E-state index contributed by atoms with van der Waals surface area (Å²) in [5.74, 6) is 0.440. The summed E-state index contributed by atoms with van der Waals surface area (Å²) in [5, 5.41) is 21.3. The average molecular weight is 265 g/mol. The van der Waals surface area contributed by atoms with Crippen LogP contribution in [0.1, 0.15) is 38.5 Å². The molecule has 2 aliphatic rings. The highest BCUT2D eigenvalue weighted by Crippen LogP contribution is 2.29. The quantitative estimate of drug-likeness (QED) is 0.765. The van der Waals surface area contributed by atoms with Crippen molar-refractivity contribution in [2.24, 2.45) is 5.92 Å². The SMILES string of the molecule is CN(CC(=O)NC1(C#N)CCCC1)CC1CC(O)C1. The third kappa shape index (κ3) is 3.68. The monoisotopic (exact) mass is 265 g/mol. The fourth-order valence-electron chi connectivity index (χ4n) is 3.15. The van der Waals surface area contributed by atoms with Gasteiger partial charge in [-0.05, 0) is 51.5 Å². The number of hydrogen-bond acceptors (Lipinski definition) is 4. The smallest absolute Gasteiger partial charge is 0.235 e. The van der Waals surface area contributed by atoms with Gasteiger partial charge in [0.25, 0.3) is 0 Å². The van der Waals surface area contributed by atoms with Crippen molar-refractivity contribution in [3.8, 4) is 6.07 Å². The van der Waals surface area contributed by atoms with E-state index >= 15 is 0 Å². The molecule has 2 fully saturated rings. The summed E-state index contributed by atoms with van der Waals surface area (Å²) in [4.78, 5) is 14.0. The molecule has 0 radical (unpaired) electrons. The summed E-state index contributed by atoms with van der Waals surface area (Å²) >= 11 is 0. The number of amides is 1. The van der Waals surface area contributed by atoms with E-state index in [4.69, 9.17) is 0 Å². The minimum Gasteiger partial charge on any atom is -0.393 e. The molecule has 0 aromatic heterocycles. The van der Waals surface area contributed by atoms with Crippen LogP contribution in [0.25, 0.3) is 0 Å². The second-order valence-electron chi connectivity index (χ2n) is 6.14. The summed E-state index contributed by atoms with van der Waals surface area (Å²) in [6.45, 7) is 1.17. The first-order valence-electron chi connectivity index (χ1n) is 7.12. The fraction of sp³-hybridized carbons (Fsp3) is 0.857. The molecule has 0 bridgehead atoms. The molecular weight excluding hydrogens is 242 g/mol. The van der Waals surface area contributed by atoms with Crippen LogP contribution in [0.15, 0.2) is 0 Å². The highest BCUT2D eigenvalue weighted by molar-refractivity contribution is 5.79. The Morgan fingerprint density at radius 3 is 2.63 bits per heavy atom. The van der Waals surface area contributed by atoms with Gasteiger partial charge in [-0.1, -0.05) is 0 Å². The first kappa shape index (κ1) is 14.3. The van der Waals surface area contributed by atoms with Gasteiger partial charge >= 0.3 is 0 Å². The lowest BCUT2D eigenvalue weighted by Crippen LogP contribution is -2.49. The molecule has 2 N–H and O–H groups in total. The second-order valence-corrected chi connectivity index (χ2v) is 6.14. The first-order chi connectivity index (χ1) is 9.03. The maximum absolute atomic E-state index is 12.0. The van der Waals surface area contributed by atoms with Gasteiger partial charge in [-0.2, -0.15) is 5.26 Å². The van der Waals surface area contributed by atoms with Crippen molar-refractivity contribution in [1.82, 2.24) is 10.2 Å². The highest BCUT2D eigenvalue weighted by atomic mass is 16.3. The third-order valence-electron chi connectivity index (χ3n) is 4.24. The summed E-state index contributed by atoms with van der Waals surface area (Å²) in [6.07, 6.45) is 5.12. The number of nitrogens with one attached hydrogen (secondary N) is 1. The van der Waals surface area contributed by atoms with Crippen LogP contribution in [0, 0.1) is 17.2 Å². The number of aliphatic hydroxyl groups is 1. The molecule has 5 heteroatoms. The van der Waals surface area contributed by atoms with Crippen molar-refractivity contribution < 1.29 is 9.90 Å². The molecule has 0 unspecified atom stereocenters. The number of rotatable bonds is 5. The number of nitriles is 1. The Morgan fingerprint density at radius 2 is 2.11 bits per heavy atom. The van der Waals surface area contributed by atoms with Crippen molar-refractivity contribution in [1.29, 1.82) is 5.26 Å². The zero-order chi connectivity index (χ0) is 13.9. The maximum atomic E-state index is 12.0. The highest BCUT2D eigenvalue weighted by Gasteiger charge is 2.35. The van der Waals surface area contributed by atoms with Crippen molar-refractivity contribution in [2.45, 2.75) is 50.2 Å². The summed E-state index contributed by atoms with van der Waals surface area (Å²) in [6, 6.07) is 2.27. The van der Waals surface area contributed by atoms with Gasteiger partial charge in [0.15, 0.2) is 0 Å². The minimum absolute atomic E-state index is 0.0641. The largest absolute Gasteiger partial charge is 0.393 e. The standard InChI is InChI=1S/C14H23N3O2/c1-17(8-11-6-12(18)7-11)9-13(19)16-14(10-15)4-2-3-5-14/h11-12,18H,2-9H2,1H3,(H,16,19). The van der Waals surface area contributed by atoms with Crippen LogP contribution < -0.4 is 5.32 Å². The van der Waals surface area contributed by atoms with E-state index in [2.05, 4.69) is 11.4 Å². The van der Waals surface area contributed by atoms with E-state index in [1.54, 1.807) is 0 Å². The Morgan fingerprint density at radius 1 is 1.47 bits per heavy atom. The molecular formula is C14H23N3O2. The van der Waals surface area contributed by atoms with E-state index < -0.39 is 5.54 Å². The molecule has 19 heavy (non-hydrogen) atoms. The van der Waals surface area contributed by atoms with Gasteiger partial charge in [-0.3, -0.25) is 9.69 Å². The van der Waals surface area contributed by atoms with Crippen molar-refractivity contribution in [3.05, 3.63) is 0 Å². The van der Waals surface area contributed by atoms with Gasteiger partial charge in [-0.25, -0.2) is 0 Å². The number of carbonyl (C=O) groups excluding carboxylic acids is 1. The summed E-state index contributed by atoms with van der Waals surface area (Å²) in [5.41, 5.74) is -0.620. The number of aliphatic hydroxyl groups excluding tert-OH is 1. The number of hydrogen-bond donors (Lipinski definition) is 2.